The van der Waals surface area contributed by atoms with Crippen LogP contribution in [-0.4, -0.2) is 24.4 Å². The number of rotatable bonds is 5. The molecule has 0 spiro atoms. The number of imidazole rings is 1. The summed E-state index contributed by atoms with van der Waals surface area (Å²) in [6, 6.07) is 5.47. The quantitative estimate of drug-likeness (QED) is 0.753. The largest absolute Gasteiger partial charge is 0.455 e. The van der Waals surface area contributed by atoms with Gasteiger partial charge in [-0.05, 0) is 18.2 Å². The first-order valence-electron chi connectivity index (χ1n) is 6.05. The molecule has 0 aliphatic carbocycles. The second kappa shape index (κ2) is 5.11. The van der Waals surface area contributed by atoms with E-state index in [4.69, 9.17) is 9.52 Å². The van der Waals surface area contributed by atoms with Crippen LogP contribution in [0.25, 0.3) is 11.6 Å². The molecule has 3 aromatic rings. The first-order valence-corrected chi connectivity index (χ1v) is 6.05. The average molecular weight is 258 g/mol. The average Bonchev–Trinajstić information content (AvgIpc) is 3.16. The van der Waals surface area contributed by atoms with Crippen LogP contribution in [0.4, 0.5) is 0 Å². The fraction of sp³-hybridized carbons (Fsp3) is 0.231. The Bertz CT molecular complexity index is 639. The molecule has 0 radical (unpaired) electrons. The lowest BCUT2D eigenvalue weighted by molar-refractivity contribution is 0.248. The summed E-state index contributed by atoms with van der Waals surface area (Å²) in [5, 5.41) is 13.2. The fourth-order valence-electron chi connectivity index (χ4n) is 1.94. The molecule has 98 valence electrons. The Morgan fingerprint density at radius 3 is 2.84 bits per heavy atom. The summed E-state index contributed by atoms with van der Waals surface area (Å²) in [4.78, 5) is 4.29. The molecule has 0 saturated carbocycles. The molecule has 1 N–H and O–H groups in total. The molecular weight excluding hydrogens is 244 g/mol. The maximum Gasteiger partial charge on any atom is 0.176 e. The van der Waals surface area contributed by atoms with Crippen molar-refractivity contribution < 1.29 is 9.52 Å². The SMILES string of the molecule is OCc1ccc(-c2nccn2CCn2cccn2)o1. The second-order valence-electron chi connectivity index (χ2n) is 4.14. The zero-order valence-electron chi connectivity index (χ0n) is 10.3. The number of furan rings is 1. The van der Waals surface area contributed by atoms with E-state index >= 15 is 0 Å². The van der Waals surface area contributed by atoms with Crippen LogP contribution in [0, 0.1) is 0 Å². The number of aromatic nitrogens is 4. The Hall–Kier alpha value is -2.34. The zero-order chi connectivity index (χ0) is 13.1. The molecule has 0 saturated heterocycles. The van der Waals surface area contributed by atoms with Crippen molar-refractivity contribution in [1.82, 2.24) is 19.3 Å². The molecule has 0 aromatic carbocycles. The van der Waals surface area contributed by atoms with Crippen LogP contribution >= 0.6 is 0 Å². The highest BCUT2D eigenvalue weighted by molar-refractivity contribution is 5.47. The monoisotopic (exact) mass is 258 g/mol. The van der Waals surface area contributed by atoms with Gasteiger partial charge in [-0.1, -0.05) is 0 Å². The number of aliphatic hydroxyl groups excluding tert-OH is 1. The van der Waals surface area contributed by atoms with Crippen molar-refractivity contribution in [3.05, 3.63) is 48.7 Å². The molecule has 0 unspecified atom stereocenters. The summed E-state index contributed by atoms with van der Waals surface area (Å²) >= 11 is 0. The Morgan fingerprint density at radius 2 is 2.11 bits per heavy atom. The van der Waals surface area contributed by atoms with Crippen molar-refractivity contribution in [3.8, 4) is 11.6 Å². The van der Waals surface area contributed by atoms with Crippen molar-refractivity contribution in [1.29, 1.82) is 0 Å². The Morgan fingerprint density at radius 1 is 1.16 bits per heavy atom. The minimum absolute atomic E-state index is 0.103. The highest BCUT2D eigenvalue weighted by atomic mass is 16.4. The van der Waals surface area contributed by atoms with Crippen LogP contribution in [-0.2, 0) is 19.7 Å². The molecule has 0 bridgehead atoms. The summed E-state index contributed by atoms with van der Waals surface area (Å²) in [6.45, 7) is 1.42. The topological polar surface area (TPSA) is 69.0 Å². The van der Waals surface area contributed by atoms with E-state index in [1.54, 1.807) is 18.5 Å². The minimum Gasteiger partial charge on any atom is -0.455 e. The maximum absolute atomic E-state index is 9.01. The highest BCUT2D eigenvalue weighted by Gasteiger charge is 2.10. The molecule has 3 rings (SSSR count). The Kier molecular flexibility index (Phi) is 3.16. The van der Waals surface area contributed by atoms with Gasteiger partial charge in [-0.25, -0.2) is 4.98 Å². The van der Waals surface area contributed by atoms with Gasteiger partial charge in [-0.15, -0.1) is 0 Å². The van der Waals surface area contributed by atoms with Gasteiger partial charge in [-0.3, -0.25) is 4.68 Å². The van der Waals surface area contributed by atoms with E-state index in [1.165, 1.54) is 0 Å². The van der Waals surface area contributed by atoms with Gasteiger partial charge in [-0.2, -0.15) is 5.10 Å². The number of hydrogen-bond donors (Lipinski definition) is 1. The summed E-state index contributed by atoms with van der Waals surface area (Å²) in [5.41, 5.74) is 0. The van der Waals surface area contributed by atoms with Gasteiger partial charge in [0.1, 0.15) is 12.4 Å². The van der Waals surface area contributed by atoms with E-state index in [0.717, 1.165) is 18.9 Å². The fourth-order valence-corrected chi connectivity index (χ4v) is 1.94. The van der Waals surface area contributed by atoms with Crippen molar-refractivity contribution >= 4 is 0 Å². The van der Waals surface area contributed by atoms with E-state index in [1.807, 2.05) is 33.8 Å². The molecule has 3 aromatic heterocycles. The van der Waals surface area contributed by atoms with Crippen LogP contribution in [0.5, 0.6) is 0 Å². The van der Waals surface area contributed by atoms with Gasteiger partial charge < -0.3 is 14.1 Å². The molecular formula is C13H14N4O2. The van der Waals surface area contributed by atoms with E-state index < -0.39 is 0 Å². The smallest absolute Gasteiger partial charge is 0.176 e. The molecule has 6 nitrogen and oxygen atoms in total. The van der Waals surface area contributed by atoms with Crippen molar-refractivity contribution in [3.63, 3.8) is 0 Å². The molecule has 3 heterocycles. The molecule has 19 heavy (non-hydrogen) atoms. The first kappa shape index (κ1) is 11.7. The van der Waals surface area contributed by atoms with Crippen LogP contribution in [0.15, 0.2) is 47.4 Å². The highest BCUT2D eigenvalue weighted by Crippen LogP contribution is 2.20. The minimum atomic E-state index is -0.103. The number of aliphatic hydroxyl groups is 1. The lowest BCUT2D eigenvalue weighted by Gasteiger charge is -2.06. The van der Waals surface area contributed by atoms with Gasteiger partial charge in [0.15, 0.2) is 11.6 Å². The normalized spacial score (nSPS) is 11.0. The lowest BCUT2D eigenvalue weighted by atomic mass is 10.4. The van der Waals surface area contributed by atoms with E-state index in [0.29, 0.717) is 11.5 Å². The van der Waals surface area contributed by atoms with E-state index in [2.05, 4.69) is 10.1 Å². The summed E-state index contributed by atoms with van der Waals surface area (Å²) in [6.07, 6.45) is 7.32. The first-order chi connectivity index (χ1) is 9.36. The van der Waals surface area contributed by atoms with Crippen molar-refractivity contribution in [2.24, 2.45) is 0 Å². The third-order valence-corrected chi connectivity index (χ3v) is 2.88. The van der Waals surface area contributed by atoms with Gasteiger partial charge in [0.2, 0.25) is 0 Å². The van der Waals surface area contributed by atoms with Crippen LogP contribution in [0.1, 0.15) is 5.76 Å². The van der Waals surface area contributed by atoms with Crippen molar-refractivity contribution in [2.45, 2.75) is 19.7 Å². The van der Waals surface area contributed by atoms with Crippen LogP contribution < -0.4 is 0 Å². The van der Waals surface area contributed by atoms with Gasteiger partial charge in [0.25, 0.3) is 0 Å². The van der Waals surface area contributed by atoms with Gasteiger partial charge in [0.05, 0.1) is 6.54 Å². The summed E-state index contributed by atoms with van der Waals surface area (Å²) < 4.78 is 9.37. The third kappa shape index (κ3) is 2.43. The van der Waals surface area contributed by atoms with Gasteiger partial charge >= 0.3 is 0 Å². The maximum atomic E-state index is 9.01. The molecule has 0 amide bonds. The van der Waals surface area contributed by atoms with E-state index in [-0.39, 0.29) is 6.61 Å². The predicted molar refractivity (Wildman–Crippen MR) is 68.1 cm³/mol. The number of aryl methyl sites for hydroxylation is 2. The number of nitrogens with zero attached hydrogens (tertiary/aromatic N) is 4. The van der Waals surface area contributed by atoms with Crippen molar-refractivity contribution in [2.75, 3.05) is 0 Å². The molecule has 6 heteroatoms. The molecule has 0 fully saturated rings. The summed E-state index contributed by atoms with van der Waals surface area (Å²) in [5.74, 6) is 1.96. The van der Waals surface area contributed by atoms with E-state index in [9.17, 15) is 0 Å². The van der Waals surface area contributed by atoms with Crippen LogP contribution in [0.3, 0.4) is 0 Å². The summed E-state index contributed by atoms with van der Waals surface area (Å²) in [7, 11) is 0. The molecule has 0 aliphatic rings. The third-order valence-electron chi connectivity index (χ3n) is 2.88. The van der Waals surface area contributed by atoms with Crippen LogP contribution in [0.2, 0.25) is 0 Å². The molecule has 0 atom stereocenters. The number of hydrogen-bond acceptors (Lipinski definition) is 4. The predicted octanol–water partition coefficient (Wildman–Crippen LogP) is 1.53. The zero-order valence-corrected chi connectivity index (χ0v) is 10.3. The Balaban J connectivity index is 1.78. The van der Waals surface area contributed by atoms with Gasteiger partial charge in [0, 0.05) is 31.3 Å². The lowest BCUT2D eigenvalue weighted by Crippen LogP contribution is -2.08. The standard InChI is InChI=1S/C13H14N4O2/c18-10-11-2-3-12(19-11)13-14-5-7-16(13)8-9-17-6-1-4-15-17/h1-7,18H,8-10H2. The Labute approximate surface area is 109 Å². The second-order valence-corrected chi connectivity index (χ2v) is 4.14. The molecule has 0 aliphatic heterocycles.